The zero-order valence-corrected chi connectivity index (χ0v) is 47.9. The second-order valence-corrected chi connectivity index (χ2v) is 32.6. The van der Waals surface area contributed by atoms with Crippen molar-refractivity contribution in [3.05, 3.63) is 155 Å². The molecule has 8 aromatic rings. The van der Waals surface area contributed by atoms with Crippen LogP contribution in [0.3, 0.4) is 0 Å². The Kier molecular flexibility index (Phi) is 9.64. The summed E-state index contributed by atoms with van der Waals surface area (Å²) in [6.45, 7) is 25.1. The van der Waals surface area contributed by atoms with Crippen molar-refractivity contribution in [2.24, 2.45) is 0 Å². The van der Waals surface area contributed by atoms with Gasteiger partial charge in [0.05, 0.1) is 11.2 Å². The van der Waals surface area contributed by atoms with Gasteiger partial charge in [-0.1, -0.05) is 124 Å². The number of hydrogen-bond donors (Lipinski definition) is 0. The van der Waals surface area contributed by atoms with E-state index >= 15 is 0 Å². The van der Waals surface area contributed by atoms with Crippen molar-refractivity contribution >= 4 is 110 Å². The van der Waals surface area contributed by atoms with Crippen LogP contribution in [0.5, 0.6) is 0 Å². The Balaban J connectivity index is 1.07. The highest BCUT2D eigenvalue weighted by atomic mass is 32.3. The van der Waals surface area contributed by atoms with Gasteiger partial charge >= 0.3 is 0 Å². The number of fused-ring (bicyclic) bond motifs is 12. The molecule has 3 aliphatic heterocycles. The Morgan fingerprint density at radius 2 is 1.09 bits per heavy atom. The molecule has 3 aliphatic carbocycles. The fourth-order valence-corrected chi connectivity index (χ4v) is 18.3. The van der Waals surface area contributed by atoms with Gasteiger partial charge in [0, 0.05) is 65.4 Å². The van der Waals surface area contributed by atoms with Crippen LogP contribution in [0, 0.1) is 0 Å². The third-order valence-corrected chi connectivity index (χ3v) is 23.0. The van der Waals surface area contributed by atoms with Crippen molar-refractivity contribution in [2.75, 3.05) is 33.5 Å². The van der Waals surface area contributed by atoms with Gasteiger partial charge in [-0.05, 0) is 207 Å². The van der Waals surface area contributed by atoms with E-state index in [9.17, 15) is 0 Å². The van der Waals surface area contributed by atoms with Gasteiger partial charge in [-0.15, -0.1) is 11.3 Å². The van der Waals surface area contributed by atoms with Gasteiger partial charge in [-0.3, -0.25) is 0 Å². The summed E-state index contributed by atoms with van der Waals surface area (Å²) >= 11 is 1.92. The molecule has 4 heterocycles. The molecule has 0 spiro atoms. The first-order valence-electron chi connectivity index (χ1n) is 27.8. The zero-order valence-electron chi connectivity index (χ0n) is 46.3. The molecule has 1 aromatic heterocycles. The summed E-state index contributed by atoms with van der Waals surface area (Å²) in [5, 5.41) is 2.67. The van der Waals surface area contributed by atoms with Crippen LogP contribution in [-0.2, 0) is 27.1 Å². The van der Waals surface area contributed by atoms with Gasteiger partial charge in [0.25, 0.3) is 6.71 Å². The van der Waals surface area contributed by atoms with E-state index in [0.29, 0.717) is 0 Å². The van der Waals surface area contributed by atoms with Gasteiger partial charge < -0.3 is 14.7 Å². The normalized spacial score (nSPS) is 23.5. The summed E-state index contributed by atoms with van der Waals surface area (Å²) in [7, 11) is -0.911. The van der Waals surface area contributed by atoms with Gasteiger partial charge in [0.1, 0.15) is 0 Å². The quantitative estimate of drug-likeness (QED) is 0.163. The fraction of sp³-hybridized carbons (Fsp3) is 0.382. The summed E-state index contributed by atoms with van der Waals surface area (Å²) in [6, 6.07) is 51.7. The highest BCUT2D eigenvalue weighted by Gasteiger charge is 2.58. The lowest BCUT2D eigenvalue weighted by atomic mass is 9.33. The van der Waals surface area contributed by atoms with E-state index < -0.39 is 10.0 Å². The predicted octanol–water partition coefficient (Wildman–Crippen LogP) is 17.2. The Morgan fingerprint density at radius 3 is 1.86 bits per heavy atom. The van der Waals surface area contributed by atoms with Crippen LogP contribution < -0.4 is 31.1 Å². The second-order valence-electron chi connectivity index (χ2n) is 27.4. The first-order valence-corrected chi connectivity index (χ1v) is 31.4. The van der Waals surface area contributed by atoms with Crippen LogP contribution in [0.25, 0.3) is 20.2 Å². The summed E-state index contributed by atoms with van der Waals surface area (Å²) in [4.78, 5) is 9.74. The summed E-state index contributed by atoms with van der Waals surface area (Å²) in [5.74, 6) is 0. The van der Waals surface area contributed by atoms with Crippen LogP contribution in [-0.4, -0.2) is 31.0 Å². The Hall–Kier alpha value is -5.43. The lowest BCUT2D eigenvalue weighted by Crippen LogP contribution is -2.61. The molecule has 7 aromatic carbocycles. The lowest BCUT2D eigenvalue weighted by molar-refractivity contribution is 0.194. The third-order valence-electron chi connectivity index (χ3n) is 20.2. The number of benzene rings is 7. The Bertz CT molecular complexity index is 3740. The number of hydrogen-bond acceptors (Lipinski definition) is 4. The minimum atomic E-state index is -0.911. The fourth-order valence-electron chi connectivity index (χ4n) is 16.2. The van der Waals surface area contributed by atoms with Crippen LogP contribution in [0.4, 0.5) is 45.5 Å². The van der Waals surface area contributed by atoms with Crippen molar-refractivity contribution in [1.29, 1.82) is 0 Å². The maximum absolute atomic E-state index is 2.82. The van der Waals surface area contributed by atoms with Gasteiger partial charge in [0.15, 0.2) is 0 Å². The molecule has 6 heteroatoms. The molecule has 74 heavy (non-hydrogen) atoms. The van der Waals surface area contributed by atoms with E-state index in [2.05, 4.69) is 230 Å². The number of anilines is 8. The summed E-state index contributed by atoms with van der Waals surface area (Å²) in [5.41, 5.74) is 22.5. The molecule has 14 rings (SSSR count). The first kappa shape index (κ1) is 47.1. The van der Waals surface area contributed by atoms with Crippen molar-refractivity contribution in [3.8, 4) is 0 Å². The molecule has 2 unspecified atom stereocenters. The van der Waals surface area contributed by atoms with Crippen LogP contribution in [0.2, 0.25) is 0 Å². The van der Waals surface area contributed by atoms with Crippen LogP contribution in [0.1, 0.15) is 142 Å². The predicted molar refractivity (Wildman–Crippen MR) is 326 cm³/mol. The molecular formula is C68H74BN3S2. The summed E-state index contributed by atoms with van der Waals surface area (Å²) in [6.07, 6.45) is 15.8. The second kappa shape index (κ2) is 15.2. The molecule has 0 saturated heterocycles. The highest BCUT2D eigenvalue weighted by Crippen LogP contribution is 2.63. The van der Waals surface area contributed by atoms with E-state index in [0.717, 1.165) is 6.42 Å². The Morgan fingerprint density at radius 1 is 0.459 bits per heavy atom. The van der Waals surface area contributed by atoms with Gasteiger partial charge in [-0.25, -0.2) is 10.0 Å². The Labute approximate surface area is 447 Å². The number of thiophene rings is 1. The highest BCUT2D eigenvalue weighted by molar-refractivity contribution is 8.32. The van der Waals surface area contributed by atoms with Crippen molar-refractivity contribution < 1.29 is 0 Å². The van der Waals surface area contributed by atoms with Gasteiger partial charge in [0.2, 0.25) is 0 Å². The number of rotatable bonds is 4. The maximum Gasteiger partial charge on any atom is 0.252 e. The van der Waals surface area contributed by atoms with Crippen LogP contribution in [0.15, 0.2) is 132 Å². The standard InChI is InChI=1S/C68H74BN3S2/c1-63(2)34-35-64(3,4)47-36-42(26-29-46(47)63)70-55-22-18-23-56-62(55)69(52-39-48-49(40-58(52)70)66(7,8)41-65(48,5)6)51-30-27-43(37-57(51)71(56)54-21-19-25-60-61(54)45-20-14-15-24-59(45)73-60)72-53-31-28-44(74(11,12)13)38-50(53)67(9)32-16-17-33-68(67,72)10/h14-15,18-31,36-40H,16-17,32-35,41H2,1-13H3. The minimum absolute atomic E-state index is 0.0303. The van der Waals surface area contributed by atoms with E-state index in [4.69, 9.17) is 0 Å². The smallest absolute Gasteiger partial charge is 0.252 e. The zero-order chi connectivity index (χ0) is 51.4. The molecule has 1 saturated carbocycles. The molecule has 0 amide bonds. The monoisotopic (exact) mass is 1010 g/mol. The molecule has 2 atom stereocenters. The third kappa shape index (κ3) is 6.28. The summed E-state index contributed by atoms with van der Waals surface area (Å²) < 4.78 is 2.66. The van der Waals surface area contributed by atoms with E-state index in [-0.39, 0.29) is 39.3 Å². The minimum Gasteiger partial charge on any atom is -0.334 e. The SMILES string of the molecule is CC1(C)CCC(C)(C)c2cc(N3c4cc5c(cc4B4c6ccc(N7c8ccc(S(C)(C)C)cc8C8(C)CCCCC78C)cc6N(c6cccc7sc8ccccc8c67)c6cccc3c64)C(C)(C)CC5(C)C)ccc21. The maximum atomic E-state index is 2.82. The average Bonchev–Trinajstić information content (AvgIpc) is 3.94. The van der Waals surface area contributed by atoms with Crippen molar-refractivity contribution in [3.63, 3.8) is 0 Å². The molecular weight excluding hydrogens is 934 g/mol. The topological polar surface area (TPSA) is 9.72 Å². The molecule has 3 nitrogen and oxygen atoms in total. The van der Waals surface area contributed by atoms with Gasteiger partial charge in [-0.2, -0.15) is 0 Å². The molecule has 0 bridgehead atoms. The van der Waals surface area contributed by atoms with Crippen LogP contribution >= 0.6 is 21.4 Å². The van der Waals surface area contributed by atoms with E-state index in [1.807, 2.05) is 11.3 Å². The first-order chi connectivity index (χ1) is 35.0. The average molecular weight is 1010 g/mol. The number of nitrogens with zero attached hydrogens (tertiary/aromatic N) is 3. The molecule has 1 fully saturated rings. The lowest BCUT2D eigenvalue weighted by Gasteiger charge is -2.50. The molecule has 6 aliphatic rings. The van der Waals surface area contributed by atoms with Crippen molar-refractivity contribution in [2.45, 2.75) is 152 Å². The van der Waals surface area contributed by atoms with E-state index in [1.165, 1.54) is 148 Å². The largest absolute Gasteiger partial charge is 0.334 e. The molecule has 0 N–H and O–H groups in total. The molecule has 0 radical (unpaired) electrons. The molecule has 376 valence electrons. The van der Waals surface area contributed by atoms with Crippen molar-refractivity contribution in [1.82, 2.24) is 0 Å². The van der Waals surface area contributed by atoms with E-state index in [1.54, 1.807) is 5.56 Å².